The van der Waals surface area contributed by atoms with Crippen LogP contribution in [0.1, 0.15) is 37.3 Å². The normalized spacial score (nSPS) is 19.3. The molecule has 2 aromatic carbocycles. The first kappa shape index (κ1) is 23.1. The fourth-order valence-electron chi connectivity index (χ4n) is 4.82. The van der Waals surface area contributed by atoms with E-state index in [-0.39, 0.29) is 0 Å². The van der Waals surface area contributed by atoms with E-state index in [1.165, 1.54) is 5.56 Å². The van der Waals surface area contributed by atoms with Crippen LogP contribution in [0.2, 0.25) is 0 Å². The van der Waals surface area contributed by atoms with Crippen LogP contribution < -0.4 is 23.7 Å². The van der Waals surface area contributed by atoms with Gasteiger partial charge in [-0.2, -0.15) is 5.26 Å². The van der Waals surface area contributed by atoms with Gasteiger partial charge in [-0.05, 0) is 57.0 Å². The lowest BCUT2D eigenvalue weighted by Crippen LogP contribution is -2.39. The van der Waals surface area contributed by atoms with E-state index in [2.05, 4.69) is 24.1 Å². The number of likely N-dealkylation sites (N-methyl/N-ethyl adjacent to an activating group) is 1. The minimum Gasteiger partial charge on any atom is -0.493 e. The highest BCUT2D eigenvalue weighted by Gasteiger charge is 2.42. The topological polar surface area (TPSA) is 73.2 Å². The Morgan fingerprint density at radius 1 is 1.09 bits per heavy atom. The maximum atomic E-state index is 9.95. The van der Waals surface area contributed by atoms with Crippen molar-refractivity contribution in [1.82, 2.24) is 4.90 Å². The van der Waals surface area contributed by atoms with Crippen molar-refractivity contribution >= 4 is 0 Å². The Morgan fingerprint density at radius 3 is 2.33 bits per heavy atom. The van der Waals surface area contributed by atoms with Crippen LogP contribution in [0, 0.1) is 16.7 Å². The number of ether oxygens (including phenoxy) is 5. The molecule has 0 saturated heterocycles. The smallest absolute Gasteiger partial charge is 0.259 e. The third-order valence-corrected chi connectivity index (χ3v) is 6.84. The van der Waals surface area contributed by atoms with E-state index in [4.69, 9.17) is 23.7 Å². The molecule has 7 nitrogen and oxygen atoms in total. The van der Waals surface area contributed by atoms with E-state index in [1.807, 2.05) is 31.2 Å². The molecule has 0 saturated carbocycles. The van der Waals surface area contributed by atoms with Gasteiger partial charge in [0.25, 0.3) is 6.29 Å². The molecule has 0 spiro atoms. The lowest BCUT2D eigenvalue weighted by Gasteiger charge is -2.36. The number of nitrogens with zero attached hydrogens (tertiary/aromatic N) is 2. The molecule has 33 heavy (non-hydrogen) atoms. The number of hydrogen-bond acceptors (Lipinski definition) is 7. The lowest BCUT2D eigenvalue weighted by atomic mass is 9.83. The van der Waals surface area contributed by atoms with E-state index < -0.39 is 11.7 Å². The molecule has 4 rings (SSSR count). The van der Waals surface area contributed by atoms with E-state index >= 15 is 0 Å². The molecule has 2 aromatic rings. The zero-order chi connectivity index (χ0) is 23.6. The summed E-state index contributed by atoms with van der Waals surface area (Å²) in [5.74, 6) is 3.46. The maximum absolute atomic E-state index is 9.95. The first-order valence-corrected chi connectivity index (χ1v) is 11.3. The van der Waals surface area contributed by atoms with E-state index in [0.717, 1.165) is 37.1 Å². The van der Waals surface area contributed by atoms with Gasteiger partial charge in [-0.1, -0.05) is 18.6 Å². The summed E-state index contributed by atoms with van der Waals surface area (Å²) in [6, 6.07) is 12.4. The lowest BCUT2D eigenvalue weighted by molar-refractivity contribution is -0.0353. The molecule has 0 N–H and O–H groups in total. The molecular formula is C26H32N2O5. The standard InChI is InChI=1S/C26H32N2O5/c1-26(16-27,25-32-20-10-6-7-11-21(20)33-25)12-8-9-18-13-17-14-22(29-3)24(31-5)23(30-4)19(17)15-28(18)2/h6-7,10-11,14,18,25H,8-9,12-13,15H2,1-5H3. The van der Waals surface area contributed by atoms with Crippen molar-refractivity contribution < 1.29 is 23.7 Å². The Kier molecular flexibility index (Phi) is 6.57. The van der Waals surface area contributed by atoms with Crippen molar-refractivity contribution in [2.45, 2.75) is 51.5 Å². The van der Waals surface area contributed by atoms with Gasteiger partial charge < -0.3 is 23.7 Å². The second-order valence-corrected chi connectivity index (χ2v) is 8.99. The summed E-state index contributed by atoms with van der Waals surface area (Å²) in [6.45, 7) is 2.69. The minimum absolute atomic E-state index is 0.353. The molecule has 2 aliphatic rings. The zero-order valence-corrected chi connectivity index (χ0v) is 20.0. The van der Waals surface area contributed by atoms with Crippen LogP contribution in [0.5, 0.6) is 28.7 Å². The largest absolute Gasteiger partial charge is 0.493 e. The van der Waals surface area contributed by atoms with Gasteiger partial charge in [0, 0.05) is 18.2 Å². The summed E-state index contributed by atoms with van der Waals surface area (Å²) in [5, 5.41) is 9.95. The van der Waals surface area contributed by atoms with Crippen molar-refractivity contribution in [3.8, 4) is 34.8 Å². The molecule has 2 unspecified atom stereocenters. The highest BCUT2D eigenvalue weighted by Crippen LogP contribution is 2.45. The Morgan fingerprint density at radius 2 is 1.76 bits per heavy atom. The van der Waals surface area contributed by atoms with Crippen LogP contribution in [-0.2, 0) is 13.0 Å². The SMILES string of the molecule is COc1cc2c(c(OC)c1OC)CN(C)C(CCCC(C)(C#N)C1Oc3ccccc3O1)C2. The summed E-state index contributed by atoms with van der Waals surface area (Å²) in [6.07, 6.45) is 2.83. The summed E-state index contributed by atoms with van der Waals surface area (Å²) in [7, 11) is 7.07. The summed E-state index contributed by atoms with van der Waals surface area (Å²) >= 11 is 0. The second-order valence-electron chi connectivity index (χ2n) is 8.99. The highest BCUT2D eigenvalue weighted by molar-refractivity contribution is 5.60. The van der Waals surface area contributed by atoms with Crippen LogP contribution in [0.15, 0.2) is 30.3 Å². The van der Waals surface area contributed by atoms with Gasteiger partial charge in [0.1, 0.15) is 5.41 Å². The Labute approximate surface area is 195 Å². The molecule has 2 heterocycles. The fourth-order valence-corrected chi connectivity index (χ4v) is 4.82. The first-order chi connectivity index (χ1) is 15.9. The predicted octanol–water partition coefficient (Wildman–Crippen LogP) is 4.57. The molecular weight excluding hydrogens is 420 g/mol. The summed E-state index contributed by atoms with van der Waals surface area (Å²) in [4.78, 5) is 2.35. The maximum Gasteiger partial charge on any atom is 0.259 e. The number of nitriles is 1. The van der Waals surface area contributed by atoms with Gasteiger partial charge in [0.15, 0.2) is 23.0 Å². The van der Waals surface area contributed by atoms with Gasteiger partial charge in [0.05, 0.1) is 27.4 Å². The fraction of sp³-hybridized carbons (Fsp3) is 0.500. The van der Waals surface area contributed by atoms with E-state index in [9.17, 15) is 5.26 Å². The number of fused-ring (bicyclic) bond motifs is 2. The van der Waals surface area contributed by atoms with Gasteiger partial charge in [-0.3, -0.25) is 4.90 Å². The average Bonchev–Trinajstić information content (AvgIpc) is 3.28. The van der Waals surface area contributed by atoms with E-state index in [0.29, 0.717) is 35.5 Å². The first-order valence-electron chi connectivity index (χ1n) is 11.3. The third kappa shape index (κ3) is 4.28. The minimum atomic E-state index is -0.732. The number of benzene rings is 2. The van der Waals surface area contributed by atoms with Crippen molar-refractivity contribution in [1.29, 1.82) is 5.26 Å². The second kappa shape index (κ2) is 9.40. The van der Waals surface area contributed by atoms with Crippen LogP contribution in [-0.4, -0.2) is 45.6 Å². The molecule has 0 fully saturated rings. The van der Waals surface area contributed by atoms with Crippen LogP contribution >= 0.6 is 0 Å². The zero-order valence-electron chi connectivity index (χ0n) is 20.0. The van der Waals surface area contributed by atoms with Crippen LogP contribution in [0.3, 0.4) is 0 Å². The molecule has 176 valence electrons. The van der Waals surface area contributed by atoms with Crippen LogP contribution in [0.25, 0.3) is 0 Å². The van der Waals surface area contributed by atoms with Crippen molar-refractivity contribution in [2.24, 2.45) is 5.41 Å². The molecule has 0 amide bonds. The number of methoxy groups -OCH3 is 3. The average molecular weight is 453 g/mol. The van der Waals surface area contributed by atoms with Gasteiger partial charge in [-0.25, -0.2) is 0 Å². The quantitative estimate of drug-likeness (QED) is 0.581. The Bertz CT molecular complexity index is 1020. The number of hydrogen-bond donors (Lipinski definition) is 0. The Balaban J connectivity index is 1.43. The molecule has 7 heteroatoms. The Hall–Kier alpha value is -3.11. The predicted molar refractivity (Wildman–Crippen MR) is 124 cm³/mol. The van der Waals surface area contributed by atoms with Crippen molar-refractivity contribution in [2.75, 3.05) is 28.4 Å². The molecule has 0 aromatic heterocycles. The van der Waals surface area contributed by atoms with Crippen molar-refractivity contribution in [3.05, 3.63) is 41.5 Å². The molecule has 2 aliphatic heterocycles. The third-order valence-electron chi connectivity index (χ3n) is 6.84. The molecule has 0 aliphatic carbocycles. The van der Waals surface area contributed by atoms with Gasteiger partial charge in [0.2, 0.25) is 5.75 Å². The molecule has 2 atom stereocenters. The summed E-state index contributed by atoms with van der Waals surface area (Å²) in [5.41, 5.74) is 1.62. The van der Waals surface area contributed by atoms with Crippen molar-refractivity contribution in [3.63, 3.8) is 0 Å². The molecule has 0 bridgehead atoms. The van der Waals surface area contributed by atoms with Gasteiger partial charge >= 0.3 is 0 Å². The van der Waals surface area contributed by atoms with E-state index in [1.54, 1.807) is 21.3 Å². The number of rotatable bonds is 8. The molecule has 0 radical (unpaired) electrons. The number of para-hydroxylation sites is 2. The summed E-state index contributed by atoms with van der Waals surface area (Å²) < 4.78 is 28.7. The van der Waals surface area contributed by atoms with Gasteiger partial charge in [-0.15, -0.1) is 0 Å². The van der Waals surface area contributed by atoms with Crippen LogP contribution in [0.4, 0.5) is 0 Å². The monoisotopic (exact) mass is 452 g/mol. The highest BCUT2D eigenvalue weighted by atomic mass is 16.7.